The molecule has 3 rings (SSSR count). The summed E-state index contributed by atoms with van der Waals surface area (Å²) in [7, 11) is 1.59. The van der Waals surface area contributed by atoms with Crippen molar-refractivity contribution in [2.24, 2.45) is 0 Å². The van der Waals surface area contributed by atoms with Gasteiger partial charge in [-0.3, -0.25) is 4.79 Å². The Labute approximate surface area is 170 Å². The van der Waals surface area contributed by atoms with Crippen LogP contribution in [0, 0.1) is 6.92 Å². The lowest BCUT2D eigenvalue weighted by atomic mass is 10.2. The lowest BCUT2D eigenvalue weighted by molar-refractivity contribution is -0.113. The van der Waals surface area contributed by atoms with Gasteiger partial charge >= 0.3 is 0 Å². The van der Waals surface area contributed by atoms with Crippen LogP contribution in [0.25, 0.3) is 0 Å². The number of methoxy groups -OCH3 is 1. The largest absolute Gasteiger partial charge is 0.497 e. The summed E-state index contributed by atoms with van der Waals surface area (Å²) < 4.78 is 5.85. The van der Waals surface area contributed by atoms with Gasteiger partial charge in [-0.1, -0.05) is 46.8 Å². The second-order valence-corrected chi connectivity index (χ2v) is 8.14. The summed E-state index contributed by atoms with van der Waals surface area (Å²) >= 11 is 8.84. The maximum atomic E-state index is 12.1. The van der Waals surface area contributed by atoms with E-state index in [0.29, 0.717) is 25.9 Å². The predicted octanol–water partition coefficient (Wildman–Crippen LogP) is 4.98. The van der Waals surface area contributed by atoms with Crippen molar-refractivity contribution in [3.05, 3.63) is 53.1 Å². The molecule has 0 saturated carbocycles. The normalized spacial score (nSPS) is 10.5. The van der Waals surface area contributed by atoms with Gasteiger partial charge in [-0.25, -0.2) is 0 Å². The number of rotatable bonds is 7. The van der Waals surface area contributed by atoms with Crippen LogP contribution in [0.15, 0.2) is 46.8 Å². The Hall–Kier alpha value is -2.29. The van der Waals surface area contributed by atoms with E-state index >= 15 is 0 Å². The van der Waals surface area contributed by atoms with Crippen LogP contribution in [0.4, 0.5) is 16.5 Å². The van der Waals surface area contributed by atoms with Gasteiger partial charge in [0, 0.05) is 22.5 Å². The number of hydrogen-bond donors (Lipinski definition) is 2. The van der Waals surface area contributed by atoms with E-state index in [-0.39, 0.29) is 11.7 Å². The molecule has 0 fully saturated rings. The van der Waals surface area contributed by atoms with E-state index in [9.17, 15) is 4.79 Å². The average molecular weight is 421 g/mol. The topological polar surface area (TPSA) is 76.1 Å². The number of thioether (sulfide) groups is 1. The molecular weight excluding hydrogens is 404 g/mol. The Bertz CT molecular complexity index is 949. The van der Waals surface area contributed by atoms with Crippen molar-refractivity contribution in [3.63, 3.8) is 0 Å². The van der Waals surface area contributed by atoms with Gasteiger partial charge < -0.3 is 15.4 Å². The van der Waals surface area contributed by atoms with Crippen LogP contribution in [0.5, 0.6) is 5.75 Å². The fraction of sp³-hybridized carbons (Fsp3) is 0.167. The molecule has 0 bridgehead atoms. The zero-order valence-corrected chi connectivity index (χ0v) is 17.0. The molecular formula is C18H17ClN4O2S2. The van der Waals surface area contributed by atoms with Gasteiger partial charge in [-0.2, -0.15) is 0 Å². The molecule has 0 aliphatic heterocycles. The van der Waals surface area contributed by atoms with E-state index in [1.807, 2.05) is 43.3 Å². The first-order valence-electron chi connectivity index (χ1n) is 7.97. The van der Waals surface area contributed by atoms with Crippen LogP contribution in [0.1, 0.15) is 5.56 Å². The number of aryl methyl sites for hydroxylation is 1. The Morgan fingerprint density at radius 1 is 1.22 bits per heavy atom. The highest BCUT2D eigenvalue weighted by Gasteiger charge is 2.09. The molecule has 0 saturated heterocycles. The molecule has 140 valence electrons. The summed E-state index contributed by atoms with van der Waals surface area (Å²) in [6, 6.07) is 12.9. The molecule has 0 unspecified atom stereocenters. The van der Waals surface area contributed by atoms with Gasteiger partial charge in [0.1, 0.15) is 5.75 Å². The first-order valence-corrected chi connectivity index (χ1v) is 10.1. The zero-order valence-electron chi connectivity index (χ0n) is 14.7. The average Bonchev–Trinajstić information content (AvgIpc) is 3.10. The fourth-order valence-corrected chi connectivity index (χ4v) is 3.89. The molecule has 0 spiro atoms. The maximum absolute atomic E-state index is 12.1. The summed E-state index contributed by atoms with van der Waals surface area (Å²) in [5.41, 5.74) is 2.54. The fourth-order valence-electron chi connectivity index (χ4n) is 2.14. The number of nitrogens with one attached hydrogen (secondary N) is 2. The summed E-state index contributed by atoms with van der Waals surface area (Å²) in [6.07, 6.45) is 0. The van der Waals surface area contributed by atoms with Crippen LogP contribution in [0.3, 0.4) is 0 Å². The first-order chi connectivity index (χ1) is 13.0. The van der Waals surface area contributed by atoms with Gasteiger partial charge in [0.05, 0.1) is 12.9 Å². The molecule has 0 aliphatic rings. The molecule has 9 heteroatoms. The van der Waals surface area contributed by atoms with E-state index in [0.717, 1.165) is 11.3 Å². The first kappa shape index (κ1) is 19.5. The number of anilines is 3. The third-order valence-corrected chi connectivity index (χ3v) is 5.89. The highest BCUT2D eigenvalue weighted by molar-refractivity contribution is 8.01. The van der Waals surface area contributed by atoms with Crippen molar-refractivity contribution in [2.45, 2.75) is 11.3 Å². The Balaban J connectivity index is 1.52. The lowest BCUT2D eigenvalue weighted by Crippen LogP contribution is -2.13. The van der Waals surface area contributed by atoms with Crippen LogP contribution >= 0.6 is 34.7 Å². The molecule has 0 radical (unpaired) electrons. The van der Waals surface area contributed by atoms with E-state index in [4.69, 9.17) is 16.3 Å². The molecule has 2 N–H and O–H groups in total. The van der Waals surface area contributed by atoms with E-state index < -0.39 is 0 Å². The molecule has 1 amide bonds. The Morgan fingerprint density at radius 3 is 2.85 bits per heavy atom. The number of amides is 1. The number of ether oxygens (including phenoxy) is 1. The Kier molecular flexibility index (Phi) is 6.54. The molecule has 1 aromatic heterocycles. The number of benzene rings is 2. The maximum Gasteiger partial charge on any atom is 0.234 e. The molecule has 0 atom stereocenters. The van der Waals surface area contributed by atoms with Crippen LogP contribution in [-0.2, 0) is 4.79 Å². The van der Waals surface area contributed by atoms with Gasteiger partial charge in [0.2, 0.25) is 11.0 Å². The Morgan fingerprint density at radius 2 is 2.07 bits per heavy atom. The van der Waals surface area contributed by atoms with Gasteiger partial charge in [-0.15, -0.1) is 10.2 Å². The summed E-state index contributed by atoms with van der Waals surface area (Å²) in [6.45, 7) is 1.95. The molecule has 2 aromatic carbocycles. The number of carbonyl (C=O) groups is 1. The zero-order chi connectivity index (χ0) is 19.2. The lowest BCUT2D eigenvalue weighted by Gasteiger charge is -2.06. The number of aromatic nitrogens is 2. The predicted molar refractivity (Wildman–Crippen MR) is 112 cm³/mol. The van der Waals surface area contributed by atoms with Crippen molar-refractivity contribution in [1.29, 1.82) is 0 Å². The van der Waals surface area contributed by atoms with Crippen molar-refractivity contribution >= 4 is 57.1 Å². The summed E-state index contributed by atoms with van der Waals surface area (Å²) in [5.74, 6) is 0.808. The standard InChI is InChI=1S/C18H17ClN4O2S2/c1-11-6-7-13(9-15(11)19)21-17-22-23-18(27-17)26-10-16(24)20-12-4-3-5-14(8-12)25-2/h3-9H,10H2,1-2H3,(H,20,24)(H,21,22). The minimum Gasteiger partial charge on any atom is -0.497 e. The van der Waals surface area contributed by atoms with Gasteiger partial charge in [-0.05, 0) is 36.8 Å². The molecule has 3 aromatic rings. The van der Waals surface area contributed by atoms with E-state index in [2.05, 4.69) is 20.8 Å². The van der Waals surface area contributed by atoms with Crippen LogP contribution in [-0.4, -0.2) is 29.0 Å². The van der Waals surface area contributed by atoms with Crippen molar-refractivity contribution in [1.82, 2.24) is 10.2 Å². The van der Waals surface area contributed by atoms with Gasteiger partial charge in [0.15, 0.2) is 4.34 Å². The molecule has 27 heavy (non-hydrogen) atoms. The third-order valence-electron chi connectivity index (χ3n) is 3.51. The highest BCUT2D eigenvalue weighted by Crippen LogP contribution is 2.29. The minimum atomic E-state index is -0.122. The number of hydrogen-bond acceptors (Lipinski definition) is 7. The summed E-state index contributed by atoms with van der Waals surface area (Å²) in [4.78, 5) is 12.1. The molecule has 1 heterocycles. The van der Waals surface area contributed by atoms with Crippen LogP contribution in [0.2, 0.25) is 5.02 Å². The molecule has 0 aliphatic carbocycles. The second kappa shape index (κ2) is 9.07. The number of nitrogens with zero attached hydrogens (tertiary/aromatic N) is 2. The quantitative estimate of drug-likeness (QED) is 0.525. The number of halogens is 1. The van der Waals surface area contributed by atoms with Crippen molar-refractivity contribution in [3.8, 4) is 5.75 Å². The summed E-state index contributed by atoms with van der Waals surface area (Å²) in [5, 5.41) is 15.5. The monoisotopic (exact) mass is 420 g/mol. The minimum absolute atomic E-state index is 0.122. The van der Waals surface area contributed by atoms with Gasteiger partial charge in [0.25, 0.3) is 0 Å². The van der Waals surface area contributed by atoms with E-state index in [1.165, 1.54) is 23.1 Å². The van der Waals surface area contributed by atoms with Crippen molar-refractivity contribution < 1.29 is 9.53 Å². The highest BCUT2D eigenvalue weighted by atomic mass is 35.5. The van der Waals surface area contributed by atoms with E-state index in [1.54, 1.807) is 13.2 Å². The van der Waals surface area contributed by atoms with Crippen LogP contribution < -0.4 is 15.4 Å². The smallest absolute Gasteiger partial charge is 0.234 e. The third kappa shape index (κ3) is 5.59. The molecule has 6 nitrogen and oxygen atoms in total. The second-order valence-electron chi connectivity index (χ2n) is 5.53. The van der Waals surface area contributed by atoms with Crippen molar-refractivity contribution in [2.75, 3.05) is 23.5 Å². The number of carbonyl (C=O) groups excluding carboxylic acids is 1. The SMILES string of the molecule is COc1cccc(NC(=O)CSc2nnc(Nc3ccc(C)c(Cl)c3)s2)c1.